The Morgan fingerprint density at radius 3 is 2.75 bits per heavy atom. The first-order chi connectivity index (χ1) is 11.2. The van der Waals surface area contributed by atoms with E-state index in [1.807, 2.05) is 13.0 Å². The van der Waals surface area contributed by atoms with Gasteiger partial charge in [0.2, 0.25) is 0 Å². The van der Waals surface area contributed by atoms with Crippen molar-refractivity contribution >= 4 is 30.2 Å². The first-order valence-corrected chi connectivity index (χ1v) is 8.47. The van der Waals surface area contributed by atoms with Gasteiger partial charge in [-0.15, -0.1) is 12.4 Å². The molecule has 136 valence electrons. The van der Waals surface area contributed by atoms with E-state index in [4.69, 9.17) is 20.9 Å². The van der Waals surface area contributed by atoms with Gasteiger partial charge in [-0.2, -0.15) is 0 Å². The molecule has 2 rings (SSSR count). The van der Waals surface area contributed by atoms with Gasteiger partial charge in [0.05, 0.1) is 7.11 Å². The molecule has 1 N–H and O–H groups in total. The Labute approximate surface area is 155 Å². The summed E-state index contributed by atoms with van der Waals surface area (Å²) < 4.78 is 10.3. The van der Waals surface area contributed by atoms with Crippen molar-refractivity contribution in [3.05, 3.63) is 23.3 Å². The molecule has 1 aliphatic rings. The second-order valence-electron chi connectivity index (χ2n) is 5.70. The van der Waals surface area contributed by atoms with E-state index in [0.717, 1.165) is 31.5 Å². The van der Waals surface area contributed by atoms with E-state index >= 15 is 0 Å². The number of ether oxygens (including phenoxy) is 1. The Balaban J connectivity index is 0.00000288. The molecule has 1 unspecified atom stereocenters. The molecular weight excluding hydrogens is 351 g/mol. The molecule has 0 aromatic heterocycles. The zero-order valence-corrected chi connectivity index (χ0v) is 16.0. The van der Waals surface area contributed by atoms with Crippen LogP contribution in [-0.2, 0) is 6.42 Å². The summed E-state index contributed by atoms with van der Waals surface area (Å²) in [5, 5.41) is 3.01. The number of nitrogens with zero attached hydrogens (tertiary/aromatic N) is 1. The number of hydrogen-bond acceptors (Lipinski definition) is 4. The Kier molecular flexibility index (Phi) is 8.67. The smallest absolute Gasteiger partial charge is 0.259 e. The number of rotatable bonds is 7. The number of hydrogen-bond donors (Lipinski definition) is 1. The highest BCUT2D eigenvalue weighted by atomic mass is 35.5. The van der Waals surface area contributed by atoms with Crippen molar-refractivity contribution in [2.75, 3.05) is 26.7 Å². The average molecular weight is 377 g/mol. The zero-order chi connectivity index (χ0) is 16.8. The van der Waals surface area contributed by atoms with Crippen molar-refractivity contribution in [3.8, 4) is 11.5 Å². The van der Waals surface area contributed by atoms with Gasteiger partial charge in [0.1, 0.15) is 23.2 Å². The van der Waals surface area contributed by atoms with Crippen molar-refractivity contribution in [2.45, 2.75) is 39.2 Å². The molecule has 1 amide bonds. The summed E-state index contributed by atoms with van der Waals surface area (Å²) in [7, 11) is 1.53. The molecule has 1 saturated heterocycles. The molecule has 1 atom stereocenters. The van der Waals surface area contributed by atoms with E-state index in [0.29, 0.717) is 29.6 Å². The minimum atomic E-state index is -0.212. The Hall–Kier alpha value is -1.17. The Morgan fingerprint density at radius 2 is 2.17 bits per heavy atom. The van der Waals surface area contributed by atoms with E-state index in [9.17, 15) is 4.79 Å². The van der Waals surface area contributed by atoms with Crippen LogP contribution in [0.5, 0.6) is 11.5 Å². The lowest BCUT2D eigenvalue weighted by atomic mass is 10.0. The number of methoxy groups -OCH3 is 1. The highest BCUT2D eigenvalue weighted by Crippen LogP contribution is 2.33. The molecule has 7 heteroatoms. The monoisotopic (exact) mass is 376 g/mol. The van der Waals surface area contributed by atoms with Crippen molar-refractivity contribution in [1.82, 2.24) is 10.2 Å². The molecule has 0 radical (unpaired) electrons. The standard InChI is InChI=1S/C17H25ClN2O3.ClH/c1-4-12-8-9-14(22-3)15(16(12)23-18)17(21)19-11-13-7-6-10-20(13)5-2;/h8-9,13H,4-7,10-11H2,1-3H3,(H,19,21);1H. The van der Waals surface area contributed by atoms with Gasteiger partial charge in [0.15, 0.2) is 5.75 Å². The van der Waals surface area contributed by atoms with Crippen LogP contribution < -0.4 is 14.3 Å². The van der Waals surface area contributed by atoms with Gasteiger partial charge >= 0.3 is 0 Å². The Morgan fingerprint density at radius 1 is 1.42 bits per heavy atom. The molecule has 0 saturated carbocycles. The fourth-order valence-corrected chi connectivity index (χ4v) is 3.38. The molecule has 0 aliphatic carbocycles. The summed E-state index contributed by atoms with van der Waals surface area (Å²) in [5.41, 5.74) is 1.24. The first-order valence-electron chi connectivity index (χ1n) is 8.16. The number of amides is 1. The summed E-state index contributed by atoms with van der Waals surface area (Å²) >= 11 is 5.62. The molecule has 24 heavy (non-hydrogen) atoms. The highest BCUT2D eigenvalue weighted by molar-refractivity contribution is 6.11. The van der Waals surface area contributed by atoms with E-state index < -0.39 is 0 Å². The number of aryl methyl sites for hydroxylation is 1. The molecule has 1 aromatic rings. The maximum atomic E-state index is 12.7. The summed E-state index contributed by atoms with van der Waals surface area (Å²) in [4.78, 5) is 15.1. The summed E-state index contributed by atoms with van der Waals surface area (Å²) in [5.74, 6) is 0.634. The van der Waals surface area contributed by atoms with Gasteiger partial charge in [-0.25, -0.2) is 0 Å². The van der Waals surface area contributed by atoms with E-state index in [1.54, 1.807) is 6.07 Å². The molecule has 5 nitrogen and oxygen atoms in total. The van der Waals surface area contributed by atoms with Gasteiger partial charge in [0, 0.05) is 12.6 Å². The predicted molar refractivity (Wildman–Crippen MR) is 98.7 cm³/mol. The van der Waals surface area contributed by atoms with Crippen molar-refractivity contribution in [3.63, 3.8) is 0 Å². The number of likely N-dealkylation sites (tertiary alicyclic amines) is 1. The van der Waals surface area contributed by atoms with Gasteiger partial charge in [-0.3, -0.25) is 9.69 Å². The number of benzene rings is 1. The van der Waals surface area contributed by atoms with Crippen LogP contribution in [0, 0.1) is 0 Å². The van der Waals surface area contributed by atoms with Gasteiger partial charge in [-0.1, -0.05) is 19.9 Å². The molecule has 0 spiro atoms. The Bertz CT molecular complexity index is 555. The third kappa shape index (κ3) is 4.47. The van der Waals surface area contributed by atoms with E-state index in [2.05, 4.69) is 17.1 Å². The van der Waals surface area contributed by atoms with Crippen LogP contribution in [0.25, 0.3) is 0 Å². The maximum Gasteiger partial charge on any atom is 0.259 e. The van der Waals surface area contributed by atoms with Crippen LogP contribution in [0.4, 0.5) is 0 Å². The SMILES string of the molecule is CCc1ccc(OC)c(C(=O)NCC2CCCN2CC)c1OCl.Cl. The minimum Gasteiger partial charge on any atom is -0.496 e. The van der Waals surface area contributed by atoms with Crippen LogP contribution >= 0.6 is 24.3 Å². The van der Waals surface area contributed by atoms with Crippen LogP contribution in [-0.4, -0.2) is 43.6 Å². The molecule has 1 aromatic carbocycles. The lowest BCUT2D eigenvalue weighted by molar-refractivity contribution is 0.0936. The van der Waals surface area contributed by atoms with Crippen molar-refractivity contribution in [2.24, 2.45) is 0 Å². The lowest BCUT2D eigenvalue weighted by Gasteiger charge is -2.23. The molecule has 0 bridgehead atoms. The normalized spacial score (nSPS) is 17.2. The van der Waals surface area contributed by atoms with Crippen LogP contribution in [0.1, 0.15) is 42.6 Å². The molecule has 1 fully saturated rings. The first kappa shape index (κ1) is 20.9. The average Bonchev–Trinajstić information content (AvgIpc) is 3.05. The largest absolute Gasteiger partial charge is 0.496 e. The quantitative estimate of drug-likeness (QED) is 0.791. The third-order valence-corrected chi connectivity index (χ3v) is 4.66. The molecule has 1 aliphatic heterocycles. The van der Waals surface area contributed by atoms with Gasteiger partial charge in [-0.05, 0) is 44.0 Å². The second kappa shape index (κ2) is 9.97. The van der Waals surface area contributed by atoms with Crippen LogP contribution in [0.3, 0.4) is 0 Å². The van der Waals surface area contributed by atoms with Crippen molar-refractivity contribution in [1.29, 1.82) is 0 Å². The number of carbonyl (C=O) groups excluding carboxylic acids is 1. The highest BCUT2D eigenvalue weighted by Gasteiger charge is 2.26. The number of halogens is 2. The summed E-state index contributed by atoms with van der Waals surface area (Å²) in [6.07, 6.45) is 3.01. The molecule has 1 heterocycles. The number of nitrogens with one attached hydrogen (secondary N) is 1. The molecular formula is C17H26Cl2N2O3. The van der Waals surface area contributed by atoms with Gasteiger partial charge < -0.3 is 14.3 Å². The van der Waals surface area contributed by atoms with E-state index in [-0.39, 0.29) is 18.3 Å². The second-order valence-corrected chi connectivity index (χ2v) is 5.85. The fraction of sp³-hybridized carbons (Fsp3) is 0.588. The number of carbonyl (C=O) groups is 1. The predicted octanol–water partition coefficient (Wildman–Crippen LogP) is 3.43. The number of likely N-dealkylation sites (N-methyl/N-ethyl adjacent to an activating group) is 1. The summed E-state index contributed by atoms with van der Waals surface area (Å²) in [6.45, 7) is 6.86. The maximum absolute atomic E-state index is 12.7. The topological polar surface area (TPSA) is 50.8 Å². The van der Waals surface area contributed by atoms with E-state index in [1.165, 1.54) is 13.5 Å². The fourth-order valence-electron chi connectivity index (χ4n) is 3.20. The third-order valence-electron chi connectivity index (χ3n) is 4.51. The zero-order valence-electron chi connectivity index (χ0n) is 14.4. The lowest BCUT2D eigenvalue weighted by Crippen LogP contribution is -2.40. The van der Waals surface area contributed by atoms with Crippen molar-refractivity contribution < 1.29 is 13.8 Å². The minimum absolute atomic E-state index is 0. The van der Waals surface area contributed by atoms with Gasteiger partial charge in [0.25, 0.3) is 5.91 Å². The summed E-state index contributed by atoms with van der Waals surface area (Å²) in [6, 6.07) is 4.04. The van der Waals surface area contributed by atoms with Crippen LogP contribution in [0.15, 0.2) is 12.1 Å². The van der Waals surface area contributed by atoms with Crippen LogP contribution in [0.2, 0.25) is 0 Å².